The molecule has 5 rings (SSSR count). The van der Waals surface area contributed by atoms with Gasteiger partial charge >= 0.3 is 11.9 Å². The summed E-state index contributed by atoms with van der Waals surface area (Å²) in [7, 11) is 0. The zero-order valence-corrected chi connectivity index (χ0v) is 28.9. The summed E-state index contributed by atoms with van der Waals surface area (Å²) in [5, 5.41) is 20.7. The van der Waals surface area contributed by atoms with Crippen LogP contribution in [0.5, 0.6) is 0 Å². The molecule has 0 spiro atoms. The number of ether oxygens (including phenoxy) is 5. The van der Waals surface area contributed by atoms with Crippen molar-refractivity contribution >= 4 is 41.6 Å². The molecule has 0 radical (unpaired) electrons. The number of nitrogens with zero attached hydrogens (tertiary/aromatic N) is 2. The van der Waals surface area contributed by atoms with Crippen LogP contribution in [0.4, 0.5) is 0 Å². The van der Waals surface area contributed by atoms with E-state index in [0.29, 0.717) is 5.57 Å². The smallest absolute Gasteiger partial charge is 0.338 e. The highest BCUT2D eigenvalue weighted by atomic mass is 32.1. The van der Waals surface area contributed by atoms with E-state index in [4.69, 9.17) is 35.9 Å². The second kappa shape index (κ2) is 14.1. The molecule has 14 heteroatoms. The van der Waals surface area contributed by atoms with Gasteiger partial charge in [0.15, 0.2) is 17.5 Å². The van der Waals surface area contributed by atoms with Crippen molar-refractivity contribution in [1.82, 2.24) is 9.55 Å². The lowest BCUT2D eigenvalue weighted by Crippen LogP contribution is -2.78. The summed E-state index contributed by atoms with van der Waals surface area (Å²) in [4.78, 5) is 58.2. The number of fused-ring (bicyclic) bond motifs is 3. The highest BCUT2D eigenvalue weighted by Crippen LogP contribution is 2.61. The normalized spacial score (nSPS) is 32.1. The molecule has 0 bridgehead atoms. The Bertz CT molecular complexity index is 1610. The monoisotopic (exact) mass is 698 g/mol. The molecule has 2 aliphatic carbocycles. The van der Waals surface area contributed by atoms with Crippen molar-refractivity contribution in [2.45, 2.75) is 90.0 Å². The Hall–Kier alpha value is -3.98. The number of carbonyl (C=O) groups is 4. The number of esters is 2. The van der Waals surface area contributed by atoms with E-state index in [-0.39, 0.29) is 55.3 Å². The van der Waals surface area contributed by atoms with Gasteiger partial charge in [0.2, 0.25) is 0 Å². The van der Waals surface area contributed by atoms with Crippen LogP contribution in [0.15, 0.2) is 60.2 Å². The molecular formula is C35H42N2O11S. The van der Waals surface area contributed by atoms with Crippen LogP contribution in [0.25, 0.3) is 0 Å². The zero-order valence-electron chi connectivity index (χ0n) is 28.1. The molecule has 0 amide bonds. The number of benzene rings is 1. The van der Waals surface area contributed by atoms with Crippen LogP contribution >= 0.6 is 12.2 Å². The Labute approximate surface area is 289 Å². The molecule has 3 fully saturated rings. The van der Waals surface area contributed by atoms with Crippen molar-refractivity contribution in [2.24, 2.45) is 16.7 Å². The summed E-state index contributed by atoms with van der Waals surface area (Å²) < 4.78 is 32.0. The van der Waals surface area contributed by atoms with E-state index in [1.54, 1.807) is 64.2 Å². The Balaban J connectivity index is 1.77. The average molecular weight is 699 g/mol. The third-order valence-electron chi connectivity index (χ3n) is 10.2. The molecule has 264 valence electrons. The minimum atomic E-state index is -1.72. The van der Waals surface area contributed by atoms with E-state index in [9.17, 15) is 24.6 Å². The summed E-state index contributed by atoms with van der Waals surface area (Å²) in [6, 6.07) is 8.34. The fraction of sp³-hybridized carbons (Fsp3) is 0.543. The van der Waals surface area contributed by atoms with Crippen LogP contribution in [0.1, 0.15) is 64.2 Å². The highest BCUT2D eigenvalue weighted by molar-refractivity contribution is 7.80. The second-order valence-corrected chi connectivity index (χ2v) is 14.0. The molecule has 1 aromatic carbocycles. The summed E-state index contributed by atoms with van der Waals surface area (Å²) >= 11 is 5.61. The van der Waals surface area contributed by atoms with Crippen molar-refractivity contribution in [3.63, 3.8) is 0 Å². The first-order valence-corrected chi connectivity index (χ1v) is 16.5. The standard InChI is InChI=1S/C35H42N2O11S/c1-20(23(41)11-14-38)27-28(45-19-39)30(42)34(5)25(47-32(49)37-13-12-36-18-37)15-26-35(17-44-26,48-21(2)40)29(34)24(16-33(27,3)4)46-31(43)22-9-7-6-8-10-22/h6-10,12-13,18-19,23-26,28-29,38,41H,11,14-17H2,1-5H3/b27-20-/t23-,24+,25-,26+,28+,29-,34+,35-/m0/s1. The molecule has 1 aromatic heterocycles. The van der Waals surface area contributed by atoms with Gasteiger partial charge in [-0.05, 0) is 61.2 Å². The first-order chi connectivity index (χ1) is 23.2. The van der Waals surface area contributed by atoms with Crippen LogP contribution in [-0.2, 0) is 38.1 Å². The Morgan fingerprint density at radius 2 is 1.90 bits per heavy atom. The molecule has 1 aliphatic heterocycles. The molecule has 3 aliphatic rings. The van der Waals surface area contributed by atoms with Gasteiger partial charge in [-0.15, -0.1) is 0 Å². The van der Waals surface area contributed by atoms with Gasteiger partial charge in [-0.25, -0.2) is 9.78 Å². The molecule has 2 heterocycles. The van der Waals surface area contributed by atoms with Crippen LogP contribution in [-0.4, -0.2) is 98.5 Å². The SMILES string of the molecule is CC(=O)O[C@@]12CO[C@@H]1C[C@H](OC(=S)n1ccnc1)[C@@]1(C)C(=O)[C@H](OC=O)/C(=C(\C)[C@@H](O)CCO)C(C)(C)C[C@@H](OC(=O)c3ccccc3)[C@H]21. The van der Waals surface area contributed by atoms with E-state index in [1.165, 1.54) is 24.0 Å². The Morgan fingerprint density at radius 1 is 1.18 bits per heavy atom. The maximum absolute atomic E-state index is 15.4. The topological polar surface area (TPSA) is 173 Å². The molecule has 2 aromatic rings. The zero-order chi connectivity index (χ0) is 35.7. The lowest BCUT2D eigenvalue weighted by molar-refractivity contribution is -0.330. The third-order valence-corrected chi connectivity index (χ3v) is 10.6. The van der Waals surface area contributed by atoms with E-state index < -0.39 is 70.6 Å². The number of aliphatic hydroxyl groups excluding tert-OH is 2. The van der Waals surface area contributed by atoms with Crippen molar-refractivity contribution in [1.29, 1.82) is 0 Å². The van der Waals surface area contributed by atoms with Gasteiger partial charge in [0.1, 0.15) is 24.6 Å². The Kier molecular flexibility index (Phi) is 10.4. The number of ketones is 1. The van der Waals surface area contributed by atoms with Crippen molar-refractivity contribution in [2.75, 3.05) is 13.2 Å². The summed E-state index contributed by atoms with van der Waals surface area (Å²) in [5.74, 6) is -3.03. The maximum atomic E-state index is 15.4. The molecule has 2 N–H and O–H groups in total. The molecule has 49 heavy (non-hydrogen) atoms. The maximum Gasteiger partial charge on any atom is 0.338 e. The van der Waals surface area contributed by atoms with Crippen LogP contribution in [0.2, 0.25) is 0 Å². The average Bonchev–Trinajstić information content (AvgIpc) is 3.59. The summed E-state index contributed by atoms with van der Waals surface area (Å²) in [5.41, 5.74) is -3.38. The van der Waals surface area contributed by atoms with E-state index in [1.807, 2.05) is 0 Å². The molecular weight excluding hydrogens is 656 g/mol. The summed E-state index contributed by atoms with van der Waals surface area (Å²) in [6.07, 6.45) is -1.16. The van der Waals surface area contributed by atoms with Gasteiger partial charge in [-0.3, -0.25) is 19.0 Å². The van der Waals surface area contributed by atoms with Crippen molar-refractivity contribution < 1.29 is 53.1 Å². The highest BCUT2D eigenvalue weighted by Gasteiger charge is 2.75. The van der Waals surface area contributed by atoms with Crippen molar-refractivity contribution in [3.8, 4) is 0 Å². The fourth-order valence-electron chi connectivity index (χ4n) is 8.06. The minimum Gasteiger partial charge on any atom is -0.466 e. The molecule has 8 atom stereocenters. The number of carbonyl (C=O) groups excluding carboxylic acids is 4. The molecule has 1 saturated heterocycles. The van der Waals surface area contributed by atoms with Crippen LogP contribution < -0.4 is 0 Å². The van der Waals surface area contributed by atoms with E-state index >= 15 is 4.79 Å². The van der Waals surface area contributed by atoms with E-state index in [0.717, 1.165) is 0 Å². The number of aliphatic hydroxyl groups is 2. The summed E-state index contributed by atoms with van der Waals surface area (Å²) in [6.45, 7) is 7.78. The number of hydrogen-bond donors (Lipinski definition) is 2. The number of hydrogen-bond acceptors (Lipinski definition) is 13. The number of aromatic nitrogens is 2. The quantitative estimate of drug-likeness (QED) is 0.129. The largest absolute Gasteiger partial charge is 0.466 e. The number of Topliss-reactive ketones (excluding diaryl/α,β-unsaturated/α-hetero) is 1. The third kappa shape index (κ3) is 6.54. The molecule has 0 unspecified atom stereocenters. The van der Waals surface area contributed by atoms with Gasteiger partial charge in [0.25, 0.3) is 11.6 Å². The van der Waals surface area contributed by atoms with Gasteiger partial charge in [0.05, 0.1) is 29.6 Å². The first-order valence-electron chi connectivity index (χ1n) is 16.1. The molecule has 2 saturated carbocycles. The number of thiocarbonyl (C=S) groups is 1. The van der Waals surface area contributed by atoms with Crippen LogP contribution in [0, 0.1) is 16.7 Å². The van der Waals surface area contributed by atoms with Gasteiger partial charge in [-0.1, -0.05) is 32.0 Å². The molecule has 13 nitrogen and oxygen atoms in total. The number of rotatable bonds is 9. The fourth-order valence-corrected chi connectivity index (χ4v) is 8.29. The lowest BCUT2D eigenvalue weighted by Gasteiger charge is -2.64. The van der Waals surface area contributed by atoms with Gasteiger partial charge in [-0.2, -0.15) is 0 Å². The minimum absolute atomic E-state index is 0.0303. The van der Waals surface area contributed by atoms with E-state index in [2.05, 4.69) is 4.98 Å². The lowest BCUT2D eigenvalue weighted by atomic mass is 9.49. The Morgan fingerprint density at radius 3 is 2.47 bits per heavy atom. The number of imidazole rings is 1. The van der Waals surface area contributed by atoms with Gasteiger partial charge in [0, 0.05) is 38.8 Å². The van der Waals surface area contributed by atoms with Gasteiger partial charge < -0.3 is 33.9 Å². The second-order valence-electron chi connectivity index (χ2n) is 13.7. The first kappa shape index (κ1) is 36.3. The van der Waals surface area contributed by atoms with Crippen LogP contribution in [0.3, 0.4) is 0 Å². The predicted molar refractivity (Wildman–Crippen MR) is 176 cm³/mol. The van der Waals surface area contributed by atoms with Crippen molar-refractivity contribution in [3.05, 3.63) is 65.8 Å². The predicted octanol–water partition coefficient (Wildman–Crippen LogP) is 2.95.